The summed E-state index contributed by atoms with van der Waals surface area (Å²) in [5.41, 5.74) is 3.24. The van der Waals surface area contributed by atoms with E-state index in [0.29, 0.717) is 5.75 Å². The minimum Gasteiger partial charge on any atom is -0.507 e. The summed E-state index contributed by atoms with van der Waals surface area (Å²) in [5, 5.41) is 13.2. The number of hydrogen-bond donors (Lipinski definition) is 2. The molecular weight excluding hydrogens is 243 g/mol. The van der Waals surface area contributed by atoms with E-state index < -0.39 is 0 Å². The molecule has 0 aliphatic carbocycles. The van der Waals surface area contributed by atoms with Gasteiger partial charge in [0.25, 0.3) is 0 Å². The fourth-order valence-corrected chi connectivity index (χ4v) is 1.94. The van der Waals surface area contributed by atoms with Gasteiger partial charge in [0.2, 0.25) is 0 Å². The highest BCUT2D eigenvalue weighted by Gasteiger charge is 2.11. The molecule has 1 atom stereocenters. The molecule has 0 amide bonds. The average molecular weight is 260 g/mol. The van der Waals surface area contributed by atoms with Crippen LogP contribution in [0, 0.1) is 19.7 Å². The van der Waals surface area contributed by atoms with E-state index in [1.807, 2.05) is 32.9 Å². The van der Waals surface area contributed by atoms with Gasteiger partial charge < -0.3 is 10.4 Å². The highest BCUT2D eigenvalue weighted by atomic mass is 19.1. The molecule has 0 aliphatic heterocycles. The fourth-order valence-electron chi connectivity index (χ4n) is 1.94. The van der Waals surface area contributed by atoms with Crippen LogP contribution in [0.25, 0.3) is 0 Å². The van der Waals surface area contributed by atoms with Crippen molar-refractivity contribution in [3.05, 3.63) is 53.1 Å². The lowest BCUT2D eigenvalue weighted by molar-refractivity contribution is 0.467. The van der Waals surface area contributed by atoms with Gasteiger partial charge in [-0.2, -0.15) is 0 Å². The first-order valence-electron chi connectivity index (χ1n) is 6.16. The van der Waals surface area contributed by atoms with Crippen molar-refractivity contribution in [2.45, 2.75) is 26.8 Å². The molecular formula is C15H17FN2O. The Balaban J connectivity index is 2.21. The van der Waals surface area contributed by atoms with Gasteiger partial charge >= 0.3 is 0 Å². The van der Waals surface area contributed by atoms with Crippen molar-refractivity contribution in [2.24, 2.45) is 0 Å². The van der Waals surface area contributed by atoms with E-state index >= 15 is 0 Å². The Morgan fingerprint density at radius 1 is 1.21 bits per heavy atom. The second-order valence-corrected chi connectivity index (χ2v) is 4.67. The predicted octanol–water partition coefficient (Wildman–Crippen LogP) is 3.72. The maximum atomic E-state index is 12.8. The Kier molecular flexibility index (Phi) is 3.69. The molecule has 100 valence electrons. The van der Waals surface area contributed by atoms with Crippen LogP contribution in [-0.4, -0.2) is 10.1 Å². The number of aromatic hydroxyl groups is 1. The molecule has 0 bridgehead atoms. The summed E-state index contributed by atoms with van der Waals surface area (Å²) in [6.45, 7) is 5.66. The number of anilines is 1. The summed E-state index contributed by atoms with van der Waals surface area (Å²) in [6.07, 6.45) is 1.20. The minimum absolute atomic E-state index is 0.0681. The molecule has 0 aliphatic rings. The van der Waals surface area contributed by atoms with Crippen LogP contribution in [0.2, 0.25) is 0 Å². The summed E-state index contributed by atoms with van der Waals surface area (Å²) >= 11 is 0. The van der Waals surface area contributed by atoms with Gasteiger partial charge in [0.05, 0.1) is 17.9 Å². The third-order valence-corrected chi connectivity index (χ3v) is 3.20. The monoisotopic (exact) mass is 260 g/mol. The Labute approximate surface area is 112 Å². The lowest BCUT2D eigenvalue weighted by atomic mass is 10.1. The van der Waals surface area contributed by atoms with Crippen LogP contribution >= 0.6 is 0 Å². The molecule has 0 fully saturated rings. The minimum atomic E-state index is -0.347. The Morgan fingerprint density at radius 3 is 2.58 bits per heavy atom. The number of halogens is 1. The SMILES string of the molecule is Cc1ccc(NC(C)c2ccc(F)cn2)c(C)c1O. The maximum Gasteiger partial charge on any atom is 0.141 e. The van der Waals surface area contributed by atoms with E-state index in [-0.39, 0.29) is 11.9 Å². The first kappa shape index (κ1) is 13.3. The van der Waals surface area contributed by atoms with Crippen LogP contribution in [0.3, 0.4) is 0 Å². The van der Waals surface area contributed by atoms with E-state index in [9.17, 15) is 9.50 Å². The number of nitrogens with zero attached hydrogens (tertiary/aromatic N) is 1. The smallest absolute Gasteiger partial charge is 0.141 e. The Morgan fingerprint density at radius 2 is 1.95 bits per heavy atom. The van der Waals surface area contributed by atoms with E-state index in [2.05, 4.69) is 10.3 Å². The van der Waals surface area contributed by atoms with E-state index in [1.54, 1.807) is 6.07 Å². The summed E-state index contributed by atoms with van der Waals surface area (Å²) in [6, 6.07) is 6.75. The number of aryl methyl sites for hydroxylation is 1. The molecule has 1 heterocycles. The molecule has 3 nitrogen and oxygen atoms in total. The van der Waals surface area contributed by atoms with Gasteiger partial charge in [0.15, 0.2) is 0 Å². The number of benzene rings is 1. The molecule has 2 rings (SSSR count). The summed E-state index contributed by atoms with van der Waals surface area (Å²) < 4.78 is 12.8. The lowest BCUT2D eigenvalue weighted by Crippen LogP contribution is -2.09. The van der Waals surface area contributed by atoms with Crippen molar-refractivity contribution in [1.29, 1.82) is 0 Å². The van der Waals surface area contributed by atoms with Crippen LogP contribution in [0.15, 0.2) is 30.5 Å². The van der Waals surface area contributed by atoms with E-state index in [0.717, 1.165) is 22.5 Å². The average Bonchev–Trinajstić information content (AvgIpc) is 2.40. The maximum absolute atomic E-state index is 12.8. The second kappa shape index (κ2) is 5.26. The van der Waals surface area contributed by atoms with Crippen molar-refractivity contribution in [1.82, 2.24) is 4.98 Å². The lowest BCUT2D eigenvalue weighted by Gasteiger charge is -2.18. The van der Waals surface area contributed by atoms with Crippen molar-refractivity contribution in [2.75, 3.05) is 5.32 Å². The van der Waals surface area contributed by atoms with Gasteiger partial charge in [-0.3, -0.25) is 4.98 Å². The third-order valence-electron chi connectivity index (χ3n) is 3.20. The zero-order valence-electron chi connectivity index (χ0n) is 11.2. The highest BCUT2D eigenvalue weighted by Crippen LogP contribution is 2.30. The fraction of sp³-hybridized carbons (Fsp3) is 0.267. The van der Waals surface area contributed by atoms with Gasteiger partial charge in [-0.15, -0.1) is 0 Å². The van der Waals surface area contributed by atoms with Crippen molar-refractivity contribution in [3.8, 4) is 5.75 Å². The number of hydrogen-bond acceptors (Lipinski definition) is 3. The Bertz CT molecular complexity index is 581. The number of pyridine rings is 1. The van der Waals surface area contributed by atoms with Crippen molar-refractivity contribution < 1.29 is 9.50 Å². The molecule has 19 heavy (non-hydrogen) atoms. The second-order valence-electron chi connectivity index (χ2n) is 4.67. The summed E-state index contributed by atoms with van der Waals surface area (Å²) in [4.78, 5) is 4.04. The topological polar surface area (TPSA) is 45.2 Å². The molecule has 2 aromatic rings. The van der Waals surface area contributed by atoms with Gasteiger partial charge in [-0.1, -0.05) is 6.07 Å². The molecule has 0 saturated carbocycles. The van der Waals surface area contributed by atoms with Crippen molar-refractivity contribution >= 4 is 5.69 Å². The number of phenolic OH excluding ortho intramolecular Hbond substituents is 1. The van der Waals surface area contributed by atoms with E-state index in [4.69, 9.17) is 0 Å². The normalized spacial score (nSPS) is 12.2. The van der Waals surface area contributed by atoms with Crippen molar-refractivity contribution in [3.63, 3.8) is 0 Å². The van der Waals surface area contributed by atoms with Crippen LogP contribution in [0.1, 0.15) is 29.8 Å². The molecule has 0 radical (unpaired) electrons. The third kappa shape index (κ3) is 2.84. The summed E-state index contributed by atoms with van der Waals surface area (Å²) in [5.74, 6) is -0.0515. The van der Waals surface area contributed by atoms with Gasteiger partial charge in [0, 0.05) is 11.3 Å². The number of phenols is 1. The predicted molar refractivity (Wildman–Crippen MR) is 73.8 cm³/mol. The zero-order chi connectivity index (χ0) is 14.0. The van der Waals surface area contributed by atoms with Crippen LogP contribution < -0.4 is 5.32 Å². The molecule has 1 aromatic heterocycles. The summed E-state index contributed by atoms with van der Waals surface area (Å²) in [7, 11) is 0. The van der Waals surface area contributed by atoms with Crippen LogP contribution in [0.5, 0.6) is 5.75 Å². The van der Waals surface area contributed by atoms with E-state index in [1.165, 1.54) is 12.3 Å². The number of rotatable bonds is 3. The molecule has 1 unspecified atom stereocenters. The molecule has 1 aromatic carbocycles. The zero-order valence-corrected chi connectivity index (χ0v) is 11.2. The number of aromatic nitrogens is 1. The Hall–Kier alpha value is -2.10. The molecule has 4 heteroatoms. The van der Waals surface area contributed by atoms with Gasteiger partial charge in [-0.25, -0.2) is 4.39 Å². The van der Waals surface area contributed by atoms with Crippen LogP contribution in [0.4, 0.5) is 10.1 Å². The first-order valence-corrected chi connectivity index (χ1v) is 6.16. The first-order chi connectivity index (χ1) is 8.99. The molecule has 0 saturated heterocycles. The molecule has 0 spiro atoms. The standard InChI is InChI=1S/C15H17FN2O/c1-9-4-6-13(10(2)15(9)19)18-11(3)14-7-5-12(16)8-17-14/h4-8,11,18-19H,1-3H3. The highest BCUT2D eigenvalue weighted by molar-refractivity contribution is 5.59. The molecule has 2 N–H and O–H groups in total. The quantitative estimate of drug-likeness (QED) is 0.884. The van der Waals surface area contributed by atoms with Crippen LogP contribution in [-0.2, 0) is 0 Å². The largest absolute Gasteiger partial charge is 0.507 e. The van der Waals surface area contributed by atoms with Gasteiger partial charge in [0.1, 0.15) is 11.6 Å². The number of nitrogens with one attached hydrogen (secondary N) is 1. The van der Waals surface area contributed by atoms with Gasteiger partial charge in [-0.05, 0) is 44.5 Å².